The fraction of sp³-hybridized carbons (Fsp3) is 0.400. The van der Waals surface area contributed by atoms with Crippen molar-refractivity contribution in [1.82, 2.24) is 4.98 Å². The summed E-state index contributed by atoms with van der Waals surface area (Å²) >= 11 is 1.69. The molecule has 0 bridgehead atoms. The molecule has 0 aliphatic rings. The van der Waals surface area contributed by atoms with Crippen LogP contribution in [0, 0.1) is 27.7 Å². The number of nitrogens with two attached hydrogens (primary N) is 1. The van der Waals surface area contributed by atoms with E-state index in [1.165, 1.54) is 27.1 Å². The average molecular weight is 260 g/mol. The third kappa shape index (κ3) is 2.79. The second-order valence-electron chi connectivity index (χ2n) is 4.97. The lowest BCUT2D eigenvalue weighted by Gasteiger charge is -2.15. The largest absolute Gasteiger partial charge is 0.323 e. The van der Waals surface area contributed by atoms with Crippen molar-refractivity contribution in [2.24, 2.45) is 5.73 Å². The lowest BCUT2D eigenvalue weighted by Crippen LogP contribution is -2.13. The normalized spacial score (nSPS) is 12.7. The zero-order chi connectivity index (χ0) is 13.3. The first-order valence-corrected chi connectivity index (χ1v) is 7.03. The fourth-order valence-electron chi connectivity index (χ4n) is 2.40. The molecule has 2 nitrogen and oxygen atoms in total. The van der Waals surface area contributed by atoms with Gasteiger partial charge in [-0.2, -0.15) is 0 Å². The highest BCUT2D eigenvalue weighted by molar-refractivity contribution is 7.11. The van der Waals surface area contributed by atoms with Crippen molar-refractivity contribution in [2.75, 3.05) is 0 Å². The van der Waals surface area contributed by atoms with E-state index in [4.69, 9.17) is 5.73 Å². The van der Waals surface area contributed by atoms with Gasteiger partial charge in [-0.3, -0.25) is 0 Å². The summed E-state index contributed by atoms with van der Waals surface area (Å²) in [7, 11) is 0. The van der Waals surface area contributed by atoms with Gasteiger partial charge in [-0.15, -0.1) is 11.3 Å². The van der Waals surface area contributed by atoms with E-state index in [1.807, 2.05) is 13.1 Å². The number of hydrogen-bond acceptors (Lipinski definition) is 3. The number of hydrogen-bond donors (Lipinski definition) is 1. The van der Waals surface area contributed by atoms with Gasteiger partial charge in [0.2, 0.25) is 0 Å². The van der Waals surface area contributed by atoms with Crippen LogP contribution in [0.1, 0.15) is 38.2 Å². The Morgan fingerprint density at radius 1 is 1.17 bits per heavy atom. The first-order chi connectivity index (χ1) is 8.47. The summed E-state index contributed by atoms with van der Waals surface area (Å²) < 4.78 is 0. The third-order valence-electron chi connectivity index (χ3n) is 3.27. The number of rotatable bonds is 3. The summed E-state index contributed by atoms with van der Waals surface area (Å²) in [6, 6.07) is 4.51. The van der Waals surface area contributed by atoms with Gasteiger partial charge in [0.25, 0.3) is 0 Å². The minimum Gasteiger partial charge on any atom is -0.323 e. The molecule has 0 fully saturated rings. The van der Waals surface area contributed by atoms with Crippen molar-refractivity contribution in [3.63, 3.8) is 0 Å². The van der Waals surface area contributed by atoms with Crippen molar-refractivity contribution in [3.8, 4) is 0 Å². The molecule has 2 N–H and O–H groups in total. The Balaban J connectivity index is 2.24. The van der Waals surface area contributed by atoms with Crippen molar-refractivity contribution in [3.05, 3.63) is 50.5 Å². The molecule has 0 saturated carbocycles. The van der Waals surface area contributed by atoms with E-state index in [2.05, 4.69) is 37.9 Å². The molecule has 1 aromatic carbocycles. The molecule has 1 atom stereocenters. The van der Waals surface area contributed by atoms with Crippen molar-refractivity contribution < 1.29 is 0 Å². The summed E-state index contributed by atoms with van der Waals surface area (Å²) in [5, 5.41) is 1.08. The van der Waals surface area contributed by atoms with Crippen LogP contribution in [-0.2, 0) is 6.42 Å². The number of nitrogens with zero attached hydrogens (tertiary/aromatic N) is 1. The van der Waals surface area contributed by atoms with Gasteiger partial charge < -0.3 is 5.73 Å². The van der Waals surface area contributed by atoms with E-state index in [-0.39, 0.29) is 6.04 Å². The number of thiazole rings is 1. The standard InChI is InChI=1S/C15H20N2S/c1-9-5-10(2)13(11(3)6-9)7-14(16)15-8-17-12(4)18-15/h5-6,8,14H,7,16H2,1-4H3. The highest BCUT2D eigenvalue weighted by Crippen LogP contribution is 2.25. The van der Waals surface area contributed by atoms with E-state index < -0.39 is 0 Å². The smallest absolute Gasteiger partial charge is 0.0897 e. The summed E-state index contributed by atoms with van der Waals surface area (Å²) in [4.78, 5) is 5.45. The average Bonchev–Trinajstić information content (AvgIpc) is 2.70. The van der Waals surface area contributed by atoms with Gasteiger partial charge in [0, 0.05) is 17.1 Å². The van der Waals surface area contributed by atoms with Gasteiger partial charge in [0.15, 0.2) is 0 Å². The Hall–Kier alpha value is -1.19. The molecule has 0 aliphatic carbocycles. The fourth-order valence-corrected chi connectivity index (χ4v) is 3.19. The van der Waals surface area contributed by atoms with Crippen LogP contribution in [0.15, 0.2) is 18.3 Å². The molecule has 3 heteroatoms. The van der Waals surface area contributed by atoms with Crippen LogP contribution in [0.2, 0.25) is 0 Å². The highest BCUT2D eigenvalue weighted by Gasteiger charge is 2.13. The summed E-state index contributed by atoms with van der Waals surface area (Å²) in [5.74, 6) is 0. The molecule has 18 heavy (non-hydrogen) atoms. The van der Waals surface area contributed by atoms with Crippen molar-refractivity contribution in [1.29, 1.82) is 0 Å². The van der Waals surface area contributed by atoms with Crippen LogP contribution in [0.5, 0.6) is 0 Å². The topological polar surface area (TPSA) is 38.9 Å². The van der Waals surface area contributed by atoms with Gasteiger partial charge in [-0.1, -0.05) is 17.7 Å². The number of aromatic nitrogens is 1. The van der Waals surface area contributed by atoms with Crippen LogP contribution < -0.4 is 5.73 Å². The maximum absolute atomic E-state index is 6.29. The Morgan fingerprint density at radius 2 is 1.78 bits per heavy atom. The second-order valence-corrected chi connectivity index (χ2v) is 6.24. The van der Waals surface area contributed by atoms with Crippen LogP contribution in [0.25, 0.3) is 0 Å². The van der Waals surface area contributed by atoms with Gasteiger partial charge in [-0.25, -0.2) is 4.98 Å². The molecule has 0 amide bonds. The maximum atomic E-state index is 6.29. The predicted molar refractivity (Wildman–Crippen MR) is 78.1 cm³/mol. The van der Waals surface area contributed by atoms with E-state index in [0.717, 1.165) is 11.4 Å². The van der Waals surface area contributed by atoms with Crippen molar-refractivity contribution in [2.45, 2.75) is 40.2 Å². The molecule has 0 radical (unpaired) electrons. The molecular formula is C15H20N2S. The predicted octanol–water partition coefficient (Wildman–Crippen LogP) is 3.62. The van der Waals surface area contributed by atoms with Gasteiger partial charge in [0.1, 0.15) is 0 Å². The van der Waals surface area contributed by atoms with E-state index >= 15 is 0 Å². The Labute approximate surface area is 113 Å². The monoisotopic (exact) mass is 260 g/mol. The minimum atomic E-state index is 0.0521. The van der Waals surface area contributed by atoms with Crippen molar-refractivity contribution >= 4 is 11.3 Å². The van der Waals surface area contributed by atoms with Gasteiger partial charge in [0.05, 0.1) is 5.01 Å². The van der Waals surface area contributed by atoms with Crippen LogP contribution in [0.3, 0.4) is 0 Å². The Bertz CT molecular complexity index is 534. The SMILES string of the molecule is Cc1cc(C)c(CC(N)c2cnc(C)s2)c(C)c1. The molecule has 1 heterocycles. The summed E-state index contributed by atoms with van der Waals surface area (Å²) in [5.41, 5.74) is 11.7. The summed E-state index contributed by atoms with van der Waals surface area (Å²) in [6.45, 7) is 8.49. The van der Waals surface area contributed by atoms with Crippen LogP contribution in [-0.4, -0.2) is 4.98 Å². The molecule has 2 rings (SSSR count). The van der Waals surface area contributed by atoms with Gasteiger partial charge >= 0.3 is 0 Å². The second kappa shape index (κ2) is 5.21. The Morgan fingerprint density at radius 3 is 2.28 bits per heavy atom. The molecule has 0 spiro atoms. The Kier molecular flexibility index (Phi) is 3.83. The minimum absolute atomic E-state index is 0.0521. The zero-order valence-corrected chi connectivity index (χ0v) is 12.3. The molecule has 2 aromatic rings. The molecule has 1 unspecified atom stereocenters. The van der Waals surface area contributed by atoms with Crippen LogP contribution >= 0.6 is 11.3 Å². The van der Waals surface area contributed by atoms with E-state index in [1.54, 1.807) is 11.3 Å². The maximum Gasteiger partial charge on any atom is 0.0897 e. The first kappa shape index (κ1) is 13.2. The lowest BCUT2D eigenvalue weighted by atomic mass is 9.94. The molecule has 1 aromatic heterocycles. The molecule has 0 saturated heterocycles. The zero-order valence-electron chi connectivity index (χ0n) is 11.4. The van der Waals surface area contributed by atoms with Crippen LogP contribution in [0.4, 0.5) is 0 Å². The quantitative estimate of drug-likeness (QED) is 0.915. The van der Waals surface area contributed by atoms with E-state index in [0.29, 0.717) is 0 Å². The lowest BCUT2D eigenvalue weighted by molar-refractivity contribution is 0.727. The number of aryl methyl sites for hydroxylation is 4. The van der Waals surface area contributed by atoms with Gasteiger partial charge in [-0.05, 0) is 50.8 Å². The van der Waals surface area contributed by atoms with E-state index in [9.17, 15) is 0 Å². The highest BCUT2D eigenvalue weighted by atomic mass is 32.1. The summed E-state index contributed by atoms with van der Waals surface area (Å²) in [6.07, 6.45) is 2.79. The first-order valence-electron chi connectivity index (χ1n) is 6.22. The third-order valence-corrected chi connectivity index (χ3v) is 4.31. The molecular weight excluding hydrogens is 240 g/mol. The molecule has 0 aliphatic heterocycles. The molecule has 96 valence electrons. The number of benzene rings is 1.